The van der Waals surface area contributed by atoms with E-state index in [9.17, 15) is 4.79 Å². The summed E-state index contributed by atoms with van der Waals surface area (Å²) >= 11 is 0. The van der Waals surface area contributed by atoms with Gasteiger partial charge in [-0.05, 0) is 37.8 Å². The molecule has 0 bridgehead atoms. The summed E-state index contributed by atoms with van der Waals surface area (Å²) in [6.45, 7) is 9.21. The molecule has 3 heteroatoms. The third kappa shape index (κ3) is 2.84. The zero-order valence-electron chi connectivity index (χ0n) is 11.6. The van der Waals surface area contributed by atoms with Gasteiger partial charge in [0.25, 0.3) is 0 Å². The summed E-state index contributed by atoms with van der Waals surface area (Å²) in [4.78, 5) is 13.9. The molecule has 2 rings (SSSR count). The van der Waals surface area contributed by atoms with Crippen molar-refractivity contribution in [3.05, 3.63) is 35.4 Å². The molecule has 1 aromatic rings. The first-order valence-corrected chi connectivity index (χ1v) is 6.42. The number of carbonyl (C=O) groups excluding carboxylic acids is 1. The maximum Gasteiger partial charge on any atom is 0.410 e. The second-order valence-corrected chi connectivity index (χ2v) is 5.96. The molecule has 0 N–H and O–H groups in total. The zero-order chi connectivity index (χ0) is 13.3. The van der Waals surface area contributed by atoms with Crippen molar-refractivity contribution >= 4 is 6.09 Å². The molecule has 1 heterocycles. The van der Waals surface area contributed by atoms with Crippen molar-refractivity contribution in [3.63, 3.8) is 0 Å². The van der Waals surface area contributed by atoms with E-state index in [0.29, 0.717) is 12.5 Å². The Hall–Kier alpha value is -1.51. The average Bonchev–Trinajstić information content (AvgIpc) is 2.26. The summed E-state index contributed by atoms with van der Waals surface area (Å²) in [6, 6.07) is 8.30. The Labute approximate surface area is 109 Å². The lowest BCUT2D eigenvalue weighted by atomic mass is 9.91. The summed E-state index contributed by atoms with van der Waals surface area (Å²) in [7, 11) is 0. The zero-order valence-corrected chi connectivity index (χ0v) is 11.6. The Bertz CT molecular complexity index is 448. The van der Waals surface area contributed by atoms with Gasteiger partial charge in [-0.1, -0.05) is 31.2 Å². The number of rotatable bonds is 0. The number of carbonyl (C=O) groups is 1. The van der Waals surface area contributed by atoms with Crippen LogP contribution < -0.4 is 0 Å². The number of nitrogens with zero attached hydrogens (tertiary/aromatic N) is 1. The van der Waals surface area contributed by atoms with Gasteiger partial charge in [0.15, 0.2) is 0 Å². The summed E-state index contributed by atoms with van der Waals surface area (Å²) in [6.07, 6.45) is -0.219. The van der Waals surface area contributed by atoms with Gasteiger partial charge in [0, 0.05) is 13.1 Å². The molecule has 0 aliphatic carbocycles. The third-order valence-corrected chi connectivity index (χ3v) is 3.09. The number of ether oxygens (including phenoxy) is 1. The Morgan fingerprint density at radius 2 is 2.00 bits per heavy atom. The van der Waals surface area contributed by atoms with E-state index < -0.39 is 5.60 Å². The minimum atomic E-state index is -0.433. The van der Waals surface area contributed by atoms with Crippen LogP contribution in [0, 0.1) is 0 Å². The fourth-order valence-corrected chi connectivity index (χ4v) is 2.32. The van der Waals surface area contributed by atoms with Gasteiger partial charge in [-0.25, -0.2) is 4.79 Å². The predicted octanol–water partition coefficient (Wildman–Crippen LogP) is 3.54. The van der Waals surface area contributed by atoms with E-state index in [1.807, 2.05) is 26.8 Å². The summed E-state index contributed by atoms with van der Waals surface area (Å²) < 4.78 is 5.43. The quantitative estimate of drug-likeness (QED) is 0.701. The summed E-state index contributed by atoms with van der Waals surface area (Å²) in [5, 5.41) is 0. The fourth-order valence-electron chi connectivity index (χ4n) is 2.32. The maximum absolute atomic E-state index is 12.1. The van der Waals surface area contributed by atoms with Crippen LogP contribution in [0.3, 0.4) is 0 Å². The third-order valence-electron chi connectivity index (χ3n) is 3.09. The van der Waals surface area contributed by atoms with E-state index in [-0.39, 0.29) is 6.09 Å². The lowest BCUT2D eigenvalue weighted by Gasteiger charge is -2.34. The van der Waals surface area contributed by atoms with Crippen LogP contribution in [-0.4, -0.2) is 23.1 Å². The molecule has 1 aliphatic heterocycles. The maximum atomic E-state index is 12.1. The van der Waals surface area contributed by atoms with Crippen molar-refractivity contribution in [2.45, 2.75) is 45.8 Å². The molecule has 1 atom stereocenters. The normalized spacial score (nSPS) is 19.3. The molecule has 1 amide bonds. The Kier molecular flexibility index (Phi) is 3.33. The van der Waals surface area contributed by atoms with Crippen LogP contribution in [0.5, 0.6) is 0 Å². The molecule has 0 fully saturated rings. The van der Waals surface area contributed by atoms with Crippen molar-refractivity contribution in [2.24, 2.45) is 0 Å². The molecule has 0 saturated carbocycles. The summed E-state index contributed by atoms with van der Waals surface area (Å²) in [5.74, 6) is 0.363. The topological polar surface area (TPSA) is 29.5 Å². The lowest BCUT2D eigenvalue weighted by Crippen LogP contribution is -2.40. The van der Waals surface area contributed by atoms with Crippen LogP contribution in [0.1, 0.15) is 44.7 Å². The van der Waals surface area contributed by atoms with Gasteiger partial charge in [0.05, 0.1) is 0 Å². The number of benzene rings is 1. The minimum absolute atomic E-state index is 0.219. The van der Waals surface area contributed by atoms with Gasteiger partial charge in [-0.15, -0.1) is 0 Å². The average molecular weight is 247 g/mol. The molecule has 0 saturated heterocycles. The van der Waals surface area contributed by atoms with E-state index in [1.54, 1.807) is 4.90 Å². The van der Waals surface area contributed by atoms with E-state index in [1.165, 1.54) is 11.1 Å². The van der Waals surface area contributed by atoms with Crippen LogP contribution >= 0.6 is 0 Å². The first-order chi connectivity index (χ1) is 8.37. The van der Waals surface area contributed by atoms with Crippen LogP contribution in [-0.2, 0) is 11.3 Å². The number of fused-ring (bicyclic) bond motifs is 1. The fraction of sp³-hybridized carbons (Fsp3) is 0.533. The lowest BCUT2D eigenvalue weighted by molar-refractivity contribution is 0.0209. The van der Waals surface area contributed by atoms with E-state index in [2.05, 4.69) is 25.1 Å². The molecule has 98 valence electrons. The molecule has 3 nitrogen and oxygen atoms in total. The predicted molar refractivity (Wildman–Crippen MR) is 71.5 cm³/mol. The Balaban J connectivity index is 2.13. The SMILES string of the molecule is CC1CN(C(=O)OC(C)(C)C)Cc2ccccc21. The van der Waals surface area contributed by atoms with Crippen LogP contribution in [0.2, 0.25) is 0 Å². The summed E-state index contributed by atoms with van der Waals surface area (Å²) in [5.41, 5.74) is 2.14. The Morgan fingerprint density at radius 3 is 2.67 bits per heavy atom. The highest BCUT2D eigenvalue weighted by Crippen LogP contribution is 2.28. The van der Waals surface area contributed by atoms with Crippen molar-refractivity contribution < 1.29 is 9.53 Å². The standard InChI is InChI=1S/C15H21NO2/c1-11-9-16(14(17)18-15(2,3)4)10-12-7-5-6-8-13(11)12/h5-8,11H,9-10H2,1-4H3. The van der Waals surface area contributed by atoms with E-state index >= 15 is 0 Å². The second kappa shape index (κ2) is 4.63. The van der Waals surface area contributed by atoms with Gasteiger partial charge >= 0.3 is 6.09 Å². The number of hydrogen-bond acceptors (Lipinski definition) is 2. The van der Waals surface area contributed by atoms with Crippen molar-refractivity contribution in [1.82, 2.24) is 4.90 Å². The van der Waals surface area contributed by atoms with Crippen LogP contribution in [0.4, 0.5) is 4.79 Å². The molecule has 0 radical (unpaired) electrons. The highest BCUT2D eigenvalue weighted by molar-refractivity contribution is 5.68. The van der Waals surface area contributed by atoms with Gasteiger partial charge in [0.2, 0.25) is 0 Å². The smallest absolute Gasteiger partial charge is 0.410 e. The molecule has 0 spiro atoms. The van der Waals surface area contributed by atoms with Gasteiger partial charge < -0.3 is 9.64 Å². The highest BCUT2D eigenvalue weighted by atomic mass is 16.6. The van der Waals surface area contributed by atoms with Gasteiger partial charge in [0.1, 0.15) is 5.60 Å². The molecule has 1 aliphatic rings. The second-order valence-electron chi connectivity index (χ2n) is 5.96. The van der Waals surface area contributed by atoms with Crippen LogP contribution in [0.15, 0.2) is 24.3 Å². The first kappa shape index (κ1) is 12.9. The van der Waals surface area contributed by atoms with Crippen molar-refractivity contribution in [1.29, 1.82) is 0 Å². The van der Waals surface area contributed by atoms with Crippen LogP contribution in [0.25, 0.3) is 0 Å². The van der Waals surface area contributed by atoms with Crippen molar-refractivity contribution in [3.8, 4) is 0 Å². The monoisotopic (exact) mass is 247 g/mol. The van der Waals surface area contributed by atoms with E-state index in [4.69, 9.17) is 4.74 Å². The van der Waals surface area contributed by atoms with Gasteiger partial charge in [-0.3, -0.25) is 0 Å². The molecule has 1 unspecified atom stereocenters. The minimum Gasteiger partial charge on any atom is -0.444 e. The molecule has 1 aromatic carbocycles. The number of amides is 1. The first-order valence-electron chi connectivity index (χ1n) is 6.42. The Morgan fingerprint density at radius 1 is 1.33 bits per heavy atom. The number of hydrogen-bond donors (Lipinski definition) is 0. The molecular weight excluding hydrogens is 226 g/mol. The molecule has 18 heavy (non-hydrogen) atoms. The molecule has 0 aromatic heterocycles. The largest absolute Gasteiger partial charge is 0.444 e. The molecular formula is C15H21NO2. The van der Waals surface area contributed by atoms with E-state index in [0.717, 1.165) is 6.54 Å². The highest BCUT2D eigenvalue weighted by Gasteiger charge is 2.28. The van der Waals surface area contributed by atoms with Crippen molar-refractivity contribution in [2.75, 3.05) is 6.54 Å². The van der Waals surface area contributed by atoms with Gasteiger partial charge in [-0.2, -0.15) is 0 Å².